The standard InChI is InChI=1S/C24H23ClN2O2/c1-17-3-8-21(18(2)13-17)14-24(28)27-26-15-19-6-11-23(12-7-19)29-16-20-4-9-22(25)10-5-20/h3-13,15H,14,16H2,1-2H3,(H,27,28)/b26-15-. The molecule has 29 heavy (non-hydrogen) atoms. The van der Waals surface area contributed by atoms with Gasteiger partial charge < -0.3 is 4.74 Å². The fourth-order valence-corrected chi connectivity index (χ4v) is 2.96. The van der Waals surface area contributed by atoms with Gasteiger partial charge in [-0.3, -0.25) is 4.79 Å². The first-order valence-corrected chi connectivity index (χ1v) is 9.73. The molecule has 5 heteroatoms. The molecule has 0 aromatic heterocycles. The van der Waals surface area contributed by atoms with Crippen molar-refractivity contribution in [2.45, 2.75) is 26.9 Å². The van der Waals surface area contributed by atoms with E-state index in [2.05, 4.69) is 16.6 Å². The summed E-state index contributed by atoms with van der Waals surface area (Å²) in [7, 11) is 0. The minimum atomic E-state index is -0.142. The number of ether oxygens (including phenoxy) is 1. The summed E-state index contributed by atoms with van der Waals surface area (Å²) < 4.78 is 5.76. The SMILES string of the molecule is Cc1ccc(CC(=O)N/N=C\c2ccc(OCc3ccc(Cl)cc3)cc2)c(C)c1. The van der Waals surface area contributed by atoms with E-state index >= 15 is 0 Å². The molecule has 1 N–H and O–H groups in total. The van der Waals surface area contributed by atoms with Gasteiger partial charge >= 0.3 is 0 Å². The van der Waals surface area contributed by atoms with Gasteiger partial charge in [0.05, 0.1) is 12.6 Å². The number of halogens is 1. The molecule has 0 aliphatic rings. The quantitative estimate of drug-likeness (QED) is 0.431. The van der Waals surface area contributed by atoms with Crippen LogP contribution in [-0.2, 0) is 17.8 Å². The second-order valence-electron chi connectivity index (χ2n) is 6.88. The summed E-state index contributed by atoms with van der Waals surface area (Å²) >= 11 is 5.88. The molecule has 148 valence electrons. The minimum Gasteiger partial charge on any atom is -0.489 e. The predicted molar refractivity (Wildman–Crippen MR) is 118 cm³/mol. The molecule has 4 nitrogen and oxygen atoms in total. The van der Waals surface area contributed by atoms with E-state index in [-0.39, 0.29) is 5.91 Å². The lowest BCUT2D eigenvalue weighted by atomic mass is 10.0. The average molecular weight is 407 g/mol. The second kappa shape index (κ2) is 9.89. The normalized spacial score (nSPS) is 10.9. The van der Waals surface area contributed by atoms with Gasteiger partial charge in [-0.25, -0.2) is 5.43 Å². The summed E-state index contributed by atoms with van der Waals surface area (Å²) in [6.07, 6.45) is 1.92. The molecule has 0 spiro atoms. The zero-order valence-corrected chi connectivity index (χ0v) is 17.2. The molecule has 0 bridgehead atoms. The second-order valence-corrected chi connectivity index (χ2v) is 7.32. The highest BCUT2D eigenvalue weighted by Crippen LogP contribution is 2.15. The highest BCUT2D eigenvalue weighted by atomic mass is 35.5. The van der Waals surface area contributed by atoms with E-state index in [4.69, 9.17) is 16.3 Å². The Morgan fingerprint density at radius 3 is 2.45 bits per heavy atom. The van der Waals surface area contributed by atoms with Crippen LogP contribution in [0.1, 0.15) is 27.8 Å². The topological polar surface area (TPSA) is 50.7 Å². The number of hydrazone groups is 1. The summed E-state index contributed by atoms with van der Waals surface area (Å²) in [6, 6.07) is 21.1. The zero-order valence-electron chi connectivity index (χ0n) is 16.5. The van der Waals surface area contributed by atoms with Crippen molar-refractivity contribution >= 4 is 23.7 Å². The van der Waals surface area contributed by atoms with Crippen LogP contribution < -0.4 is 10.2 Å². The number of amides is 1. The number of benzene rings is 3. The van der Waals surface area contributed by atoms with Gasteiger partial charge in [0, 0.05) is 5.02 Å². The molecule has 0 unspecified atom stereocenters. The smallest absolute Gasteiger partial charge is 0.244 e. The number of carbonyl (C=O) groups is 1. The summed E-state index contributed by atoms with van der Waals surface area (Å²) in [5.41, 5.74) is 7.79. The Balaban J connectivity index is 1.47. The van der Waals surface area contributed by atoms with Crippen LogP contribution in [0.15, 0.2) is 71.8 Å². The van der Waals surface area contributed by atoms with Gasteiger partial charge in [-0.2, -0.15) is 5.10 Å². The fourth-order valence-electron chi connectivity index (χ4n) is 2.83. The van der Waals surface area contributed by atoms with E-state index in [1.807, 2.05) is 74.5 Å². The molecule has 0 aliphatic carbocycles. The molecule has 0 fully saturated rings. The molecule has 3 aromatic rings. The number of hydrogen-bond acceptors (Lipinski definition) is 3. The molecular weight excluding hydrogens is 384 g/mol. The first-order valence-electron chi connectivity index (χ1n) is 9.35. The van der Waals surface area contributed by atoms with E-state index in [0.717, 1.165) is 28.0 Å². The van der Waals surface area contributed by atoms with Gasteiger partial charge in [0.2, 0.25) is 5.91 Å². The molecule has 0 saturated carbocycles. The first kappa shape index (κ1) is 20.6. The summed E-state index contributed by atoms with van der Waals surface area (Å²) in [5.74, 6) is 0.618. The predicted octanol–water partition coefficient (Wildman–Crippen LogP) is 5.23. The third-order valence-electron chi connectivity index (χ3n) is 4.45. The van der Waals surface area contributed by atoms with Crippen LogP contribution >= 0.6 is 11.6 Å². The number of nitrogens with zero attached hydrogens (tertiary/aromatic N) is 1. The zero-order chi connectivity index (χ0) is 20.6. The summed E-state index contributed by atoms with van der Waals surface area (Å²) in [4.78, 5) is 12.1. The Morgan fingerprint density at radius 1 is 1.03 bits per heavy atom. The highest BCUT2D eigenvalue weighted by molar-refractivity contribution is 6.30. The lowest BCUT2D eigenvalue weighted by Crippen LogP contribution is -2.20. The third-order valence-corrected chi connectivity index (χ3v) is 4.70. The van der Waals surface area contributed by atoms with Crippen molar-refractivity contribution < 1.29 is 9.53 Å². The lowest BCUT2D eigenvalue weighted by Gasteiger charge is -2.07. The molecular formula is C24H23ClN2O2. The van der Waals surface area contributed by atoms with Crippen LogP contribution in [0.2, 0.25) is 5.02 Å². The molecule has 1 amide bonds. The third kappa shape index (κ3) is 6.47. The largest absolute Gasteiger partial charge is 0.489 e. The fraction of sp³-hybridized carbons (Fsp3) is 0.167. The summed E-state index contributed by atoms with van der Waals surface area (Å²) in [5, 5.41) is 4.75. The van der Waals surface area contributed by atoms with Crippen LogP contribution in [0, 0.1) is 13.8 Å². The van der Waals surface area contributed by atoms with Crippen LogP contribution in [0.3, 0.4) is 0 Å². The first-order chi connectivity index (χ1) is 14.0. The molecule has 3 rings (SSSR count). The molecule has 0 aliphatic heterocycles. The van der Waals surface area contributed by atoms with Gasteiger partial charge in [0.25, 0.3) is 0 Å². The number of carbonyl (C=O) groups excluding carboxylic acids is 1. The van der Waals surface area contributed by atoms with Gasteiger partial charge in [0.15, 0.2) is 0 Å². The monoisotopic (exact) mass is 406 g/mol. The number of aryl methyl sites for hydroxylation is 2. The Hall–Kier alpha value is -3.11. The van der Waals surface area contributed by atoms with E-state index in [1.54, 1.807) is 6.21 Å². The lowest BCUT2D eigenvalue weighted by molar-refractivity contribution is -0.120. The number of rotatable bonds is 7. The summed E-state index contributed by atoms with van der Waals surface area (Å²) in [6.45, 7) is 4.52. The molecule has 0 saturated heterocycles. The molecule has 0 heterocycles. The maximum Gasteiger partial charge on any atom is 0.244 e. The van der Waals surface area contributed by atoms with Crippen LogP contribution in [-0.4, -0.2) is 12.1 Å². The number of hydrogen-bond donors (Lipinski definition) is 1. The van der Waals surface area contributed by atoms with Crippen LogP contribution in [0.25, 0.3) is 0 Å². The molecule has 0 radical (unpaired) electrons. The average Bonchev–Trinajstić information content (AvgIpc) is 2.71. The minimum absolute atomic E-state index is 0.142. The van der Waals surface area contributed by atoms with Crippen molar-refractivity contribution in [3.63, 3.8) is 0 Å². The van der Waals surface area contributed by atoms with Crippen LogP contribution in [0.4, 0.5) is 0 Å². The van der Waals surface area contributed by atoms with Gasteiger partial charge in [-0.05, 0) is 72.5 Å². The van der Waals surface area contributed by atoms with Gasteiger partial charge in [0.1, 0.15) is 12.4 Å². The van der Waals surface area contributed by atoms with E-state index < -0.39 is 0 Å². The van der Waals surface area contributed by atoms with Crippen LogP contribution in [0.5, 0.6) is 5.75 Å². The maximum atomic E-state index is 12.1. The van der Waals surface area contributed by atoms with E-state index in [1.165, 1.54) is 5.56 Å². The van der Waals surface area contributed by atoms with Gasteiger partial charge in [-0.15, -0.1) is 0 Å². The Kier molecular flexibility index (Phi) is 7.04. The molecule has 0 atom stereocenters. The van der Waals surface area contributed by atoms with Crippen molar-refractivity contribution in [2.24, 2.45) is 5.10 Å². The molecule has 3 aromatic carbocycles. The Labute approximate surface area is 176 Å². The van der Waals surface area contributed by atoms with Crippen molar-refractivity contribution in [1.82, 2.24) is 5.43 Å². The van der Waals surface area contributed by atoms with E-state index in [0.29, 0.717) is 18.1 Å². The van der Waals surface area contributed by atoms with Crippen molar-refractivity contribution in [2.75, 3.05) is 0 Å². The maximum absolute atomic E-state index is 12.1. The Morgan fingerprint density at radius 2 is 1.76 bits per heavy atom. The van der Waals surface area contributed by atoms with Crippen molar-refractivity contribution in [1.29, 1.82) is 0 Å². The number of nitrogens with one attached hydrogen (secondary N) is 1. The van der Waals surface area contributed by atoms with Gasteiger partial charge in [-0.1, -0.05) is 47.5 Å². The van der Waals surface area contributed by atoms with E-state index in [9.17, 15) is 4.79 Å². The van der Waals surface area contributed by atoms with Crippen molar-refractivity contribution in [3.05, 3.63) is 99.6 Å². The highest BCUT2D eigenvalue weighted by Gasteiger charge is 2.05. The van der Waals surface area contributed by atoms with Crippen molar-refractivity contribution in [3.8, 4) is 5.75 Å². The Bertz CT molecular complexity index is 996.